The third-order valence-electron chi connectivity index (χ3n) is 6.74. The van der Waals surface area contributed by atoms with E-state index in [2.05, 4.69) is 28.1 Å². The topological polar surface area (TPSA) is 90.5 Å². The number of carbonyl (C=O) groups excluding carboxylic acids is 3. The number of hydrogen-bond donors (Lipinski definition) is 3. The molecule has 30 heavy (non-hydrogen) atoms. The molecule has 3 aliphatic rings. The Bertz CT molecular complexity index is 765. The number of piperidine rings is 1. The Morgan fingerprint density at radius 1 is 1.00 bits per heavy atom. The lowest BCUT2D eigenvalue weighted by atomic mass is 9.77. The number of amides is 3. The normalized spacial score (nSPS) is 27.5. The number of nitrogens with zero attached hydrogens (tertiary/aromatic N) is 1. The van der Waals surface area contributed by atoms with Crippen molar-refractivity contribution in [1.29, 1.82) is 0 Å². The van der Waals surface area contributed by atoms with Crippen LogP contribution in [0.15, 0.2) is 24.3 Å². The summed E-state index contributed by atoms with van der Waals surface area (Å²) >= 11 is 0. The molecule has 2 aliphatic heterocycles. The minimum atomic E-state index is -0.350. The molecule has 7 nitrogen and oxygen atoms in total. The Morgan fingerprint density at radius 3 is 2.37 bits per heavy atom. The molecule has 2 heterocycles. The predicted octanol–water partition coefficient (Wildman–Crippen LogP) is 2.00. The first kappa shape index (κ1) is 20.8. The molecule has 4 rings (SSSR count). The second-order valence-electron chi connectivity index (χ2n) is 8.82. The van der Waals surface area contributed by atoms with Gasteiger partial charge in [0.25, 0.3) is 0 Å². The lowest BCUT2D eigenvalue weighted by Gasteiger charge is -2.32. The highest BCUT2D eigenvalue weighted by Gasteiger charge is 2.28. The molecule has 0 radical (unpaired) electrons. The monoisotopic (exact) mass is 412 g/mol. The van der Waals surface area contributed by atoms with Crippen molar-refractivity contribution in [3.63, 3.8) is 0 Å². The van der Waals surface area contributed by atoms with Gasteiger partial charge in [0.1, 0.15) is 6.04 Å². The van der Waals surface area contributed by atoms with Crippen LogP contribution >= 0.6 is 0 Å². The van der Waals surface area contributed by atoms with Crippen molar-refractivity contribution in [2.45, 2.75) is 56.9 Å². The van der Waals surface area contributed by atoms with Crippen molar-refractivity contribution in [2.24, 2.45) is 5.92 Å². The van der Waals surface area contributed by atoms with Crippen molar-refractivity contribution < 1.29 is 14.4 Å². The number of anilines is 1. The molecule has 1 aromatic rings. The predicted molar refractivity (Wildman–Crippen MR) is 115 cm³/mol. The fraction of sp³-hybridized carbons (Fsp3) is 0.609. The van der Waals surface area contributed by atoms with E-state index in [1.807, 2.05) is 17.0 Å². The van der Waals surface area contributed by atoms with Crippen LogP contribution < -0.4 is 16.0 Å². The molecule has 1 aromatic carbocycles. The van der Waals surface area contributed by atoms with E-state index in [0.717, 1.165) is 57.5 Å². The molecule has 3 fully saturated rings. The van der Waals surface area contributed by atoms with Crippen LogP contribution in [-0.2, 0) is 14.4 Å². The number of carbonyl (C=O) groups is 3. The highest BCUT2D eigenvalue weighted by Crippen LogP contribution is 2.37. The lowest BCUT2D eigenvalue weighted by Crippen LogP contribution is -2.47. The van der Waals surface area contributed by atoms with Crippen LogP contribution in [0, 0.1) is 5.92 Å². The highest BCUT2D eigenvalue weighted by molar-refractivity contribution is 6.01. The maximum atomic E-state index is 12.5. The van der Waals surface area contributed by atoms with Crippen LogP contribution in [-0.4, -0.2) is 54.8 Å². The van der Waals surface area contributed by atoms with Crippen molar-refractivity contribution in [3.8, 4) is 0 Å². The molecule has 0 spiro atoms. The largest absolute Gasteiger partial charge is 0.374 e. The van der Waals surface area contributed by atoms with Gasteiger partial charge in [0.05, 0.1) is 0 Å². The number of hydrogen-bond acceptors (Lipinski definition) is 5. The summed E-state index contributed by atoms with van der Waals surface area (Å²) in [5, 5.41) is 8.91. The summed E-state index contributed by atoms with van der Waals surface area (Å²) in [4.78, 5) is 37.7. The molecule has 0 aromatic heterocycles. The molecule has 7 heteroatoms. The van der Waals surface area contributed by atoms with Gasteiger partial charge in [-0.15, -0.1) is 0 Å². The number of nitrogens with one attached hydrogen (secondary N) is 3. The molecular formula is C23H32N4O3. The minimum absolute atomic E-state index is 0.196. The van der Waals surface area contributed by atoms with E-state index in [-0.39, 0.29) is 17.9 Å². The summed E-state index contributed by atoms with van der Waals surface area (Å²) in [7, 11) is 0. The Kier molecular flexibility index (Phi) is 6.67. The Hall–Kier alpha value is -2.41. The highest BCUT2D eigenvalue weighted by atomic mass is 16.2. The number of piperazine rings is 1. The molecule has 3 amide bonds. The van der Waals surface area contributed by atoms with Crippen LogP contribution in [0.3, 0.4) is 0 Å². The first-order valence-electron chi connectivity index (χ1n) is 11.3. The van der Waals surface area contributed by atoms with Crippen LogP contribution in [0.1, 0.15) is 56.4 Å². The lowest BCUT2D eigenvalue weighted by molar-refractivity contribution is -0.134. The zero-order valence-corrected chi connectivity index (χ0v) is 17.5. The molecular weight excluding hydrogens is 380 g/mol. The second kappa shape index (κ2) is 9.60. The minimum Gasteiger partial charge on any atom is -0.374 e. The van der Waals surface area contributed by atoms with Crippen LogP contribution in [0.25, 0.3) is 0 Å². The SMILES string of the molecule is O=C1CCC(Nc2ccc(C3CCC(CC(=O)N4CCNCC4)CC3)cc2)C(=O)N1. The standard InChI is InChI=1S/C23H32N4O3/c28-21-10-9-20(23(30)26-21)25-19-7-5-18(6-8-19)17-3-1-16(2-4-17)15-22(29)27-13-11-24-12-14-27/h5-8,16-17,20,24-25H,1-4,9-15H2,(H,26,28,30). The van der Waals surface area contributed by atoms with Gasteiger partial charge < -0.3 is 15.5 Å². The molecule has 0 bridgehead atoms. The zero-order valence-electron chi connectivity index (χ0n) is 17.5. The number of benzene rings is 1. The molecule has 1 aliphatic carbocycles. The molecule has 1 saturated carbocycles. The Morgan fingerprint density at radius 2 is 1.70 bits per heavy atom. The van der Waals surface area contributed by atoms with Crippen molar-refractivity contribution in [1.82, 2.24) is 15.5 Å². The van der Waals surface area contributed by atoms with E-state index in [4.69, 9.17) is 0 Å². The smallest absolute Gasteiger partial charge is 0.249 e. The van der Waals surface area contributed by atoms with Gasteiger partial charge in [-0.3, -0.25) is 19.7 Å². The van der Waals surface area contributed by atoms with E-state index in [1.54, 1.807) is 0 Å². The van der Waals surface area contributed by atoms with Gasteiger partial charge in [0, 0.05) is 44.7 Å². The van der Waals surface area contributed by atoms with Gasteiger partial charge in [-0.2, -0.15) is 0 Å². The van der Waals surface area contributed by atoms with Crippen LogP contribution in [0.2, 0.25) is 0 Å². The average molecular weight is 413 g/mol. The quantitative estimate of drug-likeness (QED) is 0.644. The first-order chi connectivity index (χ1) is 14.6. The summed E-state index contributed by atoms with van der Waals surface area (Å²) in [6.07, 6.45) is 6.07. The summed E-state index contributed by atoms with van der Waals surface area (Å²) in [6, 6.07) is 7.99. The third-order valence-corrected chi connectivity index (χ3v) is 6.74. The van der Waals surface area contributed by atoms with Gasteiger partial charge in [0.2, 0.25) is 17.7 Å². The van der Waals surface area contributed by atoms with Gasteiger partial charge in [-0.25, -0.2) is 0 Å². The van der Waals surface area contributed by atoms with Gasteiger partial charge in [0.15, 0.2) is 0 Å². The Labute approximate surface area is 178 Å². The number of imide groups is 1. The maximum absolute atomic E-state index is 12.5. The average Bonchev–Trinajstić information content (AvgIpc) is 2.77. The summed E-state index contributed by atoms with van der Waals surface area (Å²) in [6.45, 7) is 3.50. The molecule has 2 saturated heterocycles. The fourth-order valence-electron chi connectivity index (χ4n) is 4.87. The summed E-state index contributed by atoms with van der Waals surface area (Å²) in [5.74, 6) is 0.934. The first-order valence-corrected chi connectivity index (χ1v) is 11.3. The Balaban J connectivity index is 1.24. The number of rotatable bonds is 5. The zero-order chi connectivity index (χ0) is 20.9. The molecule has 3 N–H and O–H groups in total. The van der Waals surface area contributed by atoms with E-state index in [0.29, 0.717) is 37.0 Å². The molecule has 1 unspecified atom stereocenters. The second-order valence-corrected chi connectivity index (χ2v) is 8.82. The van der Waals surface area contributed by atoms with Gasteiger partial charge in [-0.1, -0.05) is 12.1 Å². The fourth-order valence-corrected chi connectivity index (χ4v) is 4.87. The van der Waals surface area contributed by atoms with Gasteiger partial charge >= 0.3 is 0 Å². The van der Waals surface area contributed by atoms with E-state index >= 15 is 0 Å². The summed E-state index contributed by atoms with van der Waals surface area (Å²) in [5.41, 5.74) is 2.24. The van der Waals surface area contributed by atoms with Crippen molar-refractivity contribution >= 4 is 23.4 Å². The van der Waals surface area contributed by atoms with E-state index in [9.17, 15) is 14.4 Å². The van der Waals surface area contributed by atoms with E-state index < -0.39 is 0 Å². The van der Waals surface area contributed by atoms with Crippen LogP contribution in [0.5, 0.6) is 0 Å². The summed E-state index contributed by atoms with van der Waals surface area (Å²) < 4.78 is 0. The van der Waals surface area contributed by atoms with E-state index in [1.165, 1.54) is 5.56 Å². The van der Waals surface area contributed by atoms with Gasteiger partial charge in [-0.05, 0) is 61.6 Å². The third kappa shape index (κ3) is 5.19. The molecule has 1 atom stereocenters. The molecule has 162 valence electrons. The van der Waals surface area contributed by atoms with Crippen molar-refractivity contribution in [3.05, 3.63) is 29.8 Å². The van der Waals surface area contributed by atoms with Crippen molar-refractivity contribution in [2.75, 3.05) is 31.5 Å². The van der Waals surface area contributed by atoms with Crippen LogP contribution in [0.4, 0.5) is 5.69 Å². The maximum Gasteiger partial charge on any atom is 0.249 e.